The number of rotatable bonds is 5. The first kappa shape index (κ1) is 19.1. The summed E-state index contributed by atoms with van der Waals surface area (Å²) in [7, 11) is 1.63. The van der Waals surface area contributed by atoms with Gasteiger partial charge in [-0.05, 0) is 36.2 Å². The van der Waals surface area contributed by atoms with Gasteiger partial charge in [-0.3, -0.25) is 10.1 Å². The Morgan fingerprint density at radius 2 is 2.00 bits per heavy atom. The zero-order valence-electron chi connectivity index (χ0n) is 16.1. The van der Waals surface area contributed by atoms with E-state index in [1.807, 2.05) is 36.4 Å². The van der Waals surface area contributed by atoms with Crippen LogP contribution >= 0.6 is 11.3 Å². The monoisotopic (exact) mass is 408 g/mol. The quantitative estimate of drug-likeness (QED) is 0.649. The lowest BCUT2D eigenvalue weighted by Gasteiger charge is -2.32. The van der Waals surface area contributed by atoms with Crippen LogP contribution in [0.15, 0.2) is 54.7 Å². The number of anilines is 1. The van der Waals surface area contributed by atoms with Gasteiger partial charge in [0.05, 0.1) is 12.7 Å². The molecule has 1 N–H and O–H groups in total. The Morgan fingerprint density at radius 1 is 1.24 bits per heavy atom. The minimum atomic E-state index is -1.27. The van der Waals surface area contributed by atoms with Crippen LogP contribution in [0.5, 0.6) is 5.75 Å². The van der Waals surface area contributed by atoms with Crippen molar-refractivity contribution in [3.05, 3.63) is 76.3 Å². The van der Waals surface area contributed by atoms with E-state index in [1.165, 1.54) is 11.3 Å². The number of carbonyl (C=O) groups is 2. The zero-order valence-corrected chi connectivity index (χ0v) is 16.9. The van der Waals surface area contributed by atoms with Crippen molar-refractivity contribution in [1.29, 1.82) is 0 Å². The van der Waals surface area contributed by atoms with Gasteiger partial charge >= 0.3 is 5.97 Å². The maximum atomic E-state index is 12.8. The van der Waals surface area contributed by atoms with Gasteiger partial charge in [-0.15, -0.1) is 11.3 Å². The van der Waals surface area contributed by atoms with E-state index in [0.29, 0.717) is 23.5 Å². The van der Waals surface area contributed by atoms with Crippen molar-refractivity contribution >= 4 is 28.3 Å². The molecule has 1 aromatic heterocycles. The number of esters is 1. The number of ether oxygens (including phenoxy) is 2. The maximum Gasteiger partial charge on any atom is 0.339 e. The number of thiazole rings is 1. The molecule has 0 saturated carbocycles. The number of methoxy groups -OCH3 is 1. The van der Waals surface area contributed by atoms with Crippen molar-refractivity contribution in [2.75, 3.05) is 12.4 Å². The van der Waals surface area contributed by atoms with Crippen molar-refractivity contribution in [2.24, 2.45) is 0 Å². The molecule has 6 nitrogen and oxygen atoms in total. The SMILES string of the molecule is COc1ccc(Cc2cnc(NC(=O)C3(C)Cc4ccccc4C(=O)O3)s2)cc1. The van der Waals surface area contributed by atoms with E-state index >= 15 is 0 Å². The summed E-state index contributed by atoms with van der Waals surface area (Å²) in [6, 6.07) is 15.0. The molecule has 0 fully saturated rings. The average molecular weight is 408 g/mol. The first-order valence-corrected chi connectivity index (χ1v) is 9.99. The van der Waals surface area contributed by atoms with E-state index in [4.69, 9.17) is 9.47 Å². The van der Waals surface area contributed by atoms with E-state index < -0.39 is 11.6 Å². The van der Waals surface area contributed by atoms with Crippen LogP contribution in [0.2, 0.25) is 0 Å². The second kappa shape index (κ2) is 7.67. The molecular formula is C22H20N2O4S. The molecule has 29 heavy (non-hydrogen) atoms. The lowest BCUT2D eigenvalue weighted by Crippen LogP contribution is -2.48. The Kier molecular flexibility index (Phi) is 5.07. The number of nitrogens with one attached hydrogen (secondary N) is 1. The van der Waals surface area contributed by atoms with Gasteiger partial charge in [0.25, 0.3) is 5.91 Å². The van der Waals surface area contributed by atoms with Crippen LogP contribution in [-0.2, 0) is 22.4 Å². The summed E-state index contributed by atoms with van der Waals surface area (Å²) in [4.78, 5) is 30.4. The number of nitrogens with zero attached hydrogens (tertiary/aromatic N) is 1. The molecule has 1 aliphatic rings. The van der Waals surface area contributed by atoms with Crippen LogP contribution in [0.25, 0.3) is 0 Å². The summed E-state index contributed by atoms with van der Waals surface area (Å²) < 4.78 is 10.6. The Bertz CT molecular complexity index is 1060. The van der Waals surface area contributed by atoms with Gasteiger partial charge in [-0.25, -0.2) is 9.78 Å². The highest BCUT2D eigenvalue weighted by atomic mass is 32.1. The molecular weight excluding hydrogens is 388 g/mol. The van der Waals surface area contributed by atoms with Gasteiger partial charge < -0.3 is 9.47 Å². The van der Waals surface area contributed by atoms with E-state index in [0.717, 1.165) is 21.8 Å². The van der Waals surface area contributed by atoms with Gasteiger partial charge in [0.2, 0.25) is 0 Å². The van der Waals surface area contributed by atoms with Crippen LogP contribution in [0.1, 0.15) is 33.3 Å². The van der Waals surface area contributed by atoms with E-state index in [2.05, 4.69) is 10.3 Å². The molecule has 0 radical (unpaired) electrons. The molecule has 1 atom stereocenters. The predicted molar refractivity (Wildman–Crippen MR) is 111 cm³/mol. The molecule has 0 bridgehead atoms. The second-order valence-electron chi connectivity index (χ2n) is 7.06. The molecule has 2 heterocycles. The van der Waals surface area contributed by atoms with Crippen LogP contribution in [-0.4, -0.2) is 29.6 Å². The fourth-order valence-electron chi connectivity index (χ4n) is 3.28. The van der Waals surface area contributed by atoms with Crippen molar-refractivity contribution in [1.82, 2.24) is 4.98 Å². The normalized spacial score (nSPS) is 17.9. The van der Waals surface area contributed by atoms with Gasteiger partial charge in [0, 0.05) is 23.9 Å². The van der Waals surface area contributed by atoms with Crippen LogP contribution < -0.4 is 10.1 Å². The molecule has 0 saturated heterocycles. The minimum Gasteiger partial charge on any atom is -0.497 e. The lowest BCUT2D eigenvalue weighted by atomic mass is 9.89. The molecule has 4 rings (SSSR count). The molecule has 3 aromatic rings. The highest BCUT2D eigenvalue weighted by Crippen LogP contribution is 2.30. The highest BCUT2D eigenvalue weighted by Gasteiger charge is 2.42. The number of cyclic esters (lactones) is 1. The minimum absolute atomic E-state index is 0.324. The first-order valence-electron chi connectivity index (χ1n) is 9.17. The van der Waals surface area contributed by atoms with Crippen LogP contribution in [0, 0.1) is 0 Å². The molecule has 2 aromatic carbocycles. The third-order valence-electron chi connectivity index (χ3n) is 4.87. The third kappa shape index (κ3) is 4.00. The van der Waals surface area contributed by atoms with Crippen molar-refractivity contribution in [3.8, 4) is 5.75 Å². The summed E-state index contributed by atoms with van der Waals surface area (Å²) in [6.45, 7) is 1.63. The number of benzene rings is 2. The van der Waals surface area contributed by atoms with Gasteiger partial charge in [-0.2, -0.15) is 0 Å². The van der Waals surface area contributed by atoms with Gasteiger partial charge in [-0.1, -0.05) is 30.3 Å². The number of amides is 1. The smallest absolute Gasteiger partial charge is 0.339 e. The van der Waals surface area contributed by atoms with Gasteiger partial charge in [0.15, 0.2) is 10.7 Å². The summed E-state index contributed by atoms with van der Waals surface area (Å²) >= 11 is 1.40. The number of fused-ring (bicyclic) bond motifs is 1. The Morgan fingerprint density at radius 3 is 2.76 bits per heavy atom. The summed E-state index contributed by atoms with van der Waals surface area (Å²) in [5.41, 5.74) is 1.17. The topological polar surface area (TPSA) is 77.5 Å². The standard InChI is InChI=1S/C22H20N2O4S/c1-22(12-15-5-3-4-6-18(15)19(25)28-22)20(26)24-21-23-13-17(29-21)11-14-7-9-16(27-2)10-8-14/h3-10,13H,11-12H2,1-2H3,(H,23,24,26). The van der Waals surface area contributed by atoms with E-state index in [9.17, 15) is 9.59 Å². The molecule has 1 unspecified atom stereocenters. The van der Waals surface area contributed by atoms with Crippen molar-refractivity contribution in [2.45, 2.75) is 25.4 Å². The third-order valence-corrected chi connectivity index (χ3v) is 5.79. The van der Waals surface area contributed by atoms with E-state index in [1.54, 1.807) is 32.4 Å². The Labute approximate surface area is 172 Å². The highest BCUT2D eigenvalue weighted by molar-refractivity contribution is 7.15. The Hall–Kier alpha value is -3.19. The lowest BCUT2D eigenvalue weighted by molar-refractivity contribution is -0.134. The summed E-state index contributed by atoms with van der Waals surface area (Å²) in [5.74, 6) is -0.0580. The fourth-order valence-corrected chi connectivity index (χ4v) is 4.12. The number of hydrogen-bond acceptors (Lipinski definition) is 6. The number of aromatic nitrogens is 1. The fraction of sp³-hybridized carbons (Fsp3) is 0.227. The van der Waals surface area contributed by atoms with Crippen LogP contribution in [0.4, 0.5) is 5.13 Å². The van der Waals surface area contributed by atoms with Crippen molar-refractivity contribution in [3.63, 3.8) is 0 Å². The summed E-state index contributed by atoms with van der Waals surface area (Å²) in [6.07, 6.45) is 2.77. The van der Waals surface area contributed by atoms with Crippen LogP contribution in [0.3, 0.4) is 0 Å². The second-order valence-corrected chi connectivity index (χ2v) is 8.18. The zero-order chi connectivity index (χ0) is 20.4. The molecule has 148 valence electrons. The molecule has 7 heteroatoms. The number of carbonyl (C=O) groups excluding carboxylic acids is 2. The first-order chi connectivity index (χ1) is 14.0. The molecule has 0 aliphatic carbocycles. The maximum absolute atomic E-state index is 12.8. The van der Waals surface area contributed by atoms with Gasteiger partial charge in [0.1, 0.15) is 5.75 Å². The van der Waals surface area contributed by atoms with Crippen molar-refractivity contribution < 1.29 is 19.1 Å². The molecule has 1 amide bonds. The Balaban J connectivity index is 1.44. The molecule has 1 aliphatic heterocycles. The number of hydrogen-bond donors (Lipinski definition) is 1. The molecule has 0 spiro atoms. The average Bonchev–Trinajstić information content (AvgIpc) is 3.15. The van der Waals surface area contributed by atoms with E-state index in [-0.39, 0.29) is 5.91 Å². The predicted octanol–water partition coefficient (Wildman–Crippen LogP) is 3.85. The summed E-state index contributed by atoms with van der Waals surface area (Å²) in [5, 5.41) is 3.28. The largest absolute Gasteiger partial charge is 0.497 e.